The Balaban J connectivity index is 1.78. The van der Waals surface area contributed by atoms with Crippen LogP contribution in [0.2, 0.25) is 0 Å². The van der Waals surface area contributed by atoms with Gasteiger partial charge in [0, 0.05) is 0 Å². The first-order valence-electron chi connectivity index (χ1n) is 6.88. The van der Waals surface area contributed by atoms with Gasteiger partial charge in [-0.3, -0.25) is 0 Å². The molecule has 2 heteroatoms. The molecular formula is C19H13OTe. The Labute approximate surface area is 134 Å². The minimum atomic E-state index is -0.590. The summed E-state index contributed by atoms with van der Waals surface area (Å²) >= 11 is -0.590. The van der Waals surface area contributed by atoms with Crippen molar-refractivity contribution in [2.24, 2.45) is 0 Å². The molecule has 4 rings (SSSR count). The molecular weight excluding hydrogens is 372 g/mol. The van der Waals surface area contributed by atoms with Gasteiger partial charge in [-0.2, -0.15) is 0 Å². The van der Waals surface area contributed by atoms with E-state index in [1.165, 1.54) is 25.4 Å². The van der Waals surface area contributed by atoms with Crippen molar-refractivity contribution in [2.45, 2.75) is 0 Å². The van der Waals surface area contributed by atoms with Crippen molar-refractivity contribution in [2.75, 3.05) is 0 Å². The van der Waals surface area contributed by atoms with Crippen LogP contribution in [0.1, 0.15) is 11.1 Å². The van der Waals surface area contributed by atoms with Gasteiger partial charge < -0.3 is 0 Å². The summed E-state index contributed by atoms with van der Waals surface area (Å²) in [5.41, 5.74) is 2.49. The first-order chi connectivity index (χ1) is 10.4. The van der Waals surface area contributed by atoms with Crippen molar-refractivity contribution in [1.29, 1.82) is 0 Å². The third-order valence-electron chi connectivity index (χ3n) is 3.60. The van der Waals surface area contributed by atoms with Crippen LogP contribution in [0.3, 0.4) is 0 Å². The Hall–Kier alpha value is -1.88. The van der Waals surface area contributed by atoms with Crippen molar-refractivity contribution in [3.63, 3.8) is 0 Å². The molecule has 0 spiro atoms. The summed E-state index contributed by atoms with van der Waals surface area (Å²) in [6.07, 6.45) is 2.22. The second kappa shape index (κ2) is 5.48. The summed E-state index contributed by atoms with van der Waals surface area (Å²) in [6, 6.07) is 25.4. The number of rotatable bonds is 2. The average molecular weight is 385 g/mol. The monoisotopic (exact) mass is 387 g/mol. The van der Waals surface area contributed by atoms with Gasteiger partial charge in [-0.25, -0.2) is 0 Å². The molecule has 0 saturated heterocycles. The van der Waals surface area contributed by atoms with Crippen LogP contribution >= 0.6 is 0 Å². The fraction of sp³-hybridized carbons (Fsp3) is 0. The quantitative estimate of drug-likeness (QED) is 0.606. The summed E-state index contributed by atoms with van der Waals surface area (Å²) in [5.74, 6) is 1.02. The van der Waals surface area contributed by atoms with Crippen LogP contribution in [0.4, 0.5) is 0 Å². The van der Waals surface area contributed by atoms with E-state index in [1.807, 2.05) is 0 Å². The van der Waals surface area contributed by atoms with Gasteiger partial charge in [0.2, 0.25) is 0 Å². The van der Waals surface area contributed by atoms with E-state index in [2.05, 4.69) is 78.9 Å². The van der Waals surface area contributed by atoms with Crippen LogP contribution in [0.5, 0.6) is 0 Å². The van der Waals surface area contributed by atoms with E-state index in [9.17, 15) is 0 Å². The van der Waals surface area contributed by atoms with Gasteiger partial charge in [-0.05, 0) is 0 Å². The molecule has 1 radical (unpaired) electrons. The molecule has 0 atom stereocenters. The van der Waals surface area contributed by atoms with Gasteiger partial charge in [-0.15, -0.1) is 0 Å². The number of hydrogen-bond acceptors (Lipinski definition) is 1. The van der Waals surface area contributed by atoms with Gasteiger partial charge >= 0.3 is 134 Å². The van der Waals surface area contributed by atoms with Gasteiger partial charge in [-0.1, -0.05) is 0 Å². The van der Waals surface area contributed by atoms with E-state index in [0.717, 1.165) is 5.76 Å². The first kappa shape index (κ1) is 12.8. The van der Waals surface area contributed by atoms with Gasteiger partial charge in [0.25, 0.3) is 0 Å². The first-order valence-corrected chi connectivity index (χ1v) is 9.00. The predicted octanol–water partition coefficient (Wildman–Crippen LogP) is 4.05. The van der Waals surface area contributed by atoms with Crippen molar-refractivity contribution in [3.05, 3.63) is 90.0 Å². The maximum absolute atomic E-state index is 6.07. The summed E-state index contributed by atoms with van der Waals surface area (Å²) in [7, 11) is 0. The van der Waals surface area contributed by atoms with Crippen molar-refractivity contribution >= 4 is 40.9 Å². The Morgan fingerprint density at radius 3 is 2.38 bits per heavy atom. The molecule has 0 aromatic heterocycles. The number of allylic oxidation sites excluding steroid dienone is 1. The minimum absolute atomic E-state index is 0.590. The summed E-state index contributed by atoms with van der Waals surface area (Å²) < 4.78 is 7.43. The van der Waals surface area contributed by atoms with E-state index in [4.69, 9.17) is 3.10 Å². The summed E-state index contributed by atoms with van der Waals surface area (Å²) in [6.45, 7) is 0. The topological polar surface area (TPSA) is 9.23 Å². The van der Waals surface area contributed by atoms with Gasteiger partial charge in [0.05, 0.1) is 0 Å². The molecule has 0 bridgehead atoms. The Morgan fingerprint density at radius 2 is 1.48 bits per heavy atom. The molecule has 0 aliphatic carbocycles. The Bertz CT molecular complexity index is 858. The normalized spacial score (nSPS) is 13.7. The van der Waals surface area contributed by atoms with Gasteiger partial charge in [0.1, 0.15) is 0 Å². The third-order valence-corrected chi connectivity index (χ3v) is 5.87. The Kier molecular flexibility index (Phi) is 3.35. The van der Waals surface area contributed by atoms with Crippen LogP contribution in [-0.4, -0.2) is 24.4 Å². The molecule has 0 amide bonds. The van der Waals surface area contributed by atoms with Crippen molar-refractivity contribution < 1.29 is 3.10 Å². The molecule has 0 N–H and O–H groups in total. The second-order valence-corrected chi connectivity index (χ2v) is 7.14. The van der Waals surface area contributed by atoms with E-state index in [1.54, 1.807) is 0 Å². The molecule has 21 heavy (non-hydrogen) atoms. The van der Waals surface area contributed by atoms with E-state index >= 15 is 0 Å². The SMILES string of the molecule is C1=C(c2cccc3ccccc23)O[Te]=C1c1ccccc1. The van der Waals surface area contributed by atoms with E-state index in [-0.39, 0.29) is 0 Å². The third kappa shape index (κ3) is 2.42. The maximum atomic E-state index is 6.07. The van der Waals surface area contributed by atoms with E-state index < -0.39 is 20.9 Å². The number of hydrogen-bond donors (Lipinski definition) is 0. The van der Waals surface area contributed by atoms with Crippen molar-refractivity contribution in [1.82, 2.24) is 0 Å². The van der Waals surface area contributed by atoms with Crippen LogP contribution in [0.15, 0.2) is 78.9 Å². The molecule has 1 aliphatic rings. The fourth-order valence-corrected chi connectivity index (χ4v) is 4.57. The molecule has 101 valence electrons. The van der Waals surface area contributed by atoms with Crippen LogP contribution < -0.4 is 0 Å². The molecule has 0 unspecified atom stereocenters. The predicted molar refractivity (Wildman–Crippen MR) is 89.3 cm³/mol. The zero-order valence-corrected chi connectivity index (χ0v) is 13.7. The standard InChI is InChI=1S/C19H13OTe/c1-2-8-15(9-3-1)19-13-18(20-21-19)17-12-6-10-14-7-4-5-11-16(14)17/h1-13H. The number of fused-ring (bicyclic) bond motifs is 1. The molecule has 0 fully saturated rings. The molecule has 1 nitrogen and oxygen atoms in total. The van der Waals surface area contributed by atoms with Crippen molar-refractivity contribution in [3.8, 4) is 0 Å². The summed E-state index contributed by atoms with van der Waals surface area (Å²) in [4.78, 5) is 0. The molecule has 1 heterocycles. The zero-order valence-electron chi connectivity index (χ0n) is 11.3. The van der Waals surface area contributed by atoms with Crippen LogP contribution in [0, 0.1) is 0 Å². The second-order valence-electron chi connectivity index (χ2n) is 4.93. The Morgan fingerprint density at radius 1 is 0.714 bits per heavy atom. The summed E-state index contributed by atoms with van der Waals surface area (Å²) in [5, 5.41) is 2.52. The fourth-order valence-electron chi connectivity index (χ4n) is 2.55. The van der Waals surface area contributed by atoms with Crippen LogP contribution in [-0.2, 0) is 3.10 Å². The van der Waals surface area contributed by atoms with Gasteiger partial charge in [0.15, 0.2) is 0 Å². The number of benzene rings is 3. The van der Waals surface area contributed by atoms with E-state index in [0.29, 0.717) is 0 Å². The zero-order chi connectivity index (χ0) is 14.1. The van der Waals surface area contributed by atoms with Crippen LogP contribution in [0.25, 0.3) is 16.5 Å². The molecule has 3 aromatic rings. The molecule has 1 aliphatic heterocycles. The molecule has 0 saturated carbocycles. The average Bonchev–Trinajstić information content (AvgIpc) is 3.05. The molecule has 3 aromatic carbocycles.